The lowest BCUT2D eigenvalue weighted by Crippen LogP contribution is -2.57. The van der Waals surface area contributed by atoms with Crippen LogP contribution in [0, 0.1) is 46.3 Å². The third kappa shape index (κ3) is 3.59. The third-order valence-electron chi connectivity index (χ3n) is 11.0. The van der Waals surface area contributed by atoms with E-state index in [4.69, 9.17) is 0 Å². The minimum atomic E-state index is -0.985. The SMILES string of the molecule is CC(C)CCC(O)C(C)(O)C1CCC2C3CCC4CC(O)CCC4(C)C3CCC21C. The van der Waals surface area contributed by atoms with E-state index in [1.807, 2.05) is 6.92 Å². The van der Waals surface area contributed by atoms with Gasteiger partial charge in [-0.05, 0) is 124 Å². The number of aliphatic hydroxyl groups excluding tert-OH is 2. The Bertz CT molecular complexity index is 615. The van der Waals surface area contributed by atoms with Crippen molar-refractivity contribution >= 4 is 0 Å². The zero-order chi connectivity index (χ0) is 21.9. The molecule has 4 saturated carbocycles. The van der Waals surface area contributed by atoms with Gasteiger partial charge in [0.25, 0.3) is 0 Å². The molecule has 3 heteroatoms. The number of hydrogen-bond donors (Lipinski definition) is 3. The van der Waals surface area contributed by atoms with Crippen molar-refractivity contribution in [2.24, 2.45) is 46.3 Å². The molecule has 174 valence electrons. The van der Waals surface area contributed by atoms with Gasteiger partial charge in [-0.2, -0.15) is 0 Å². The lowest BCUT2D eigenvalue weighted by atomic mass is 9.44. The maximum atomic E-state index is 11.6. The maximum Gasteiger partial charge on any atom is 0.0910 e. The number of aliphatic hydroxyl groups is 3. The molecule has 3 N–H and O–H groups in total. The zero-order valence-corrected chi connectivity index (χ0v) is 20.2. The normalized spacial score (nSPS) is 49.1. The summed E-state index contributed by atoms with van der Waals surface area (Å²) in [5.74, 6) is 3.71. The highest BCUT2D eigenvalue weighted by atomic mass is 16.3. The van der Waals surface area contributed by atoms with Crippen molar-refractivity contribution in [3.05, 3.63) is 0 Å². The van der Waals surface area contributed by atoms with Gasteiger partial charge in [0.05, 0.1) is 17.8 Å². The Morgan fingerprint density at radius 1 is 0.900 bits per heavy atom. The van der Waals surface area contributed by atoms with E-state index in [0.717, 1.165) is 37.5 Å². The van der Waals surface area contributed by atoms with Crippen LogP contribution < -0.4 is 0 Å². The molecular formula is C27H48O3. The first-order valence-corrected chi connectivity index (χ1v) is 13.1. The summed E-state index contributed by atoms with van der Waals surface area (Å²) in [5, 5.41) is 32.8. The van der Waals surface area contributed by atoms with Crippen LogP contribution in [0.25, 0.3) is 0 Å². The number of rotatable bonds is 5. The predicted octanol–water partition coefficient (Wildman–Crippen LogP) is 5.55. The van der Waals surface area contributed by atoms with Gasteiger partial charge < -0.3 is 15.3 Å². The molecule has 10 atom stereocenters. The molecule has 0 saturated heterocycles. The standard InChI is InChI=1S/C27H48O3/c1-17(2)6-11-24(29)27(5,30)23-10-9-21-20-8-7-18-16-19(28)12-14-25(18,3)22(20)13-15-26(21,23)4/h17-24,28-30H,6-16H2,1-5H3. The van der Waals surface area contributed by atoms with Crippen molar-refractivity contribution in [2.45, 2.75) is 123 Å². The van der Waals surface area contributed by atoms with Gasteiger partial charge in [-0.1, -0.05) is 27.7 Å². The van der Waals surface area contributed by atoms with Crippen molar-refractivity contribution in [2.75, 3.05) is 0 Å². The first-order valence-electron chi connectivity index (χ1n) is 13.1. The van der Waals surface area contributed by atoms with Crippen LogP contribution >= 0.6 is 0 Å². The molecule has 3 nitrogen and oxygen atoms in total. The van der Waals surface area contributed by atoms with Crippen molar-refractivity contribution in [1.29, 1.82) is 0 Å². The average molecular weight is 421 g/mol. The Kier molecular flexibility index (Phi) is 6.17. The van der Waals surface area contributed by atoms with Gasteiger partial charge in [0.15, 0.2) is 0 Å². The van der Waals surface area contributed by atoms with Crippen molar-refractivity contribution in [3.8, 4) is 0 Å². The van der Waals surface area contributed by atoms with E-state index in [2.05, 4.69) is 27.7 Å². The van der Waals surface area contributed by atoms with Crippen LogP contribution in [0.3, 0.4) is 0 Å². The first-order chi connectivity index (χ1) is 14.0. The van der Waals surface area contributed by atoms with Crippen LogP contribution in [0.1, 0.15) is 105 Å². The summed E-state index contributed by atoms with van der Waals surface area (Å²) in [7, 11) is 0. The smallest absolute Gasteiger partial charge is 0.0910 e. The van der Waals surface area contributed by atoms with Crippen LogP contribution in [-0.4, -0.2) is 33.1 Å². The Hall–Kier alpha value is -0.120. The van der Waals surface area contributed by atoms with Gasteiger partial charge in [0.2, 0.25) is 0 Å². The van der Waals surface area contributed by atoms with Crippen LogP contribution in [0.5, 0.6) is 0 Å². The highest BCUT2D eigenvalue weighted by Crippen LogP contribution is 2.68. The molecule has 30 heavy (non-hydrogen) atoms. The molecule has 0 radical (unpaired) electrons. The fourth-order valence-electron chi connectivity index (χ4n) is 9.21. The maximum absolute atomic E-state index is 11.6. The van der Waals surface area contributed by atoms with Crippen molar-refractivity contribution < 1.29 is 15.3 Å². The molecule has 10 unspecified atom stereocenters. The third-order valence-corrected chi connectivity index (χ3v) is 11.0. The summed E-state index contributed by atoms with van der Waals surface area (Å²) in [6, 6.07) is 0. The first kappa shape index (κ1) is 23.1. The molecule has 0 spiro atoms. The number of hydrogen-bond acceptors (Lipinski definition) is 3. The topological polar surface area (TPSA) is 60.7 Å². The fourth-order valence-corrected chi connectivity index (χ4v) is 9.21. The molecule has 0 heterocycles. The van der Waals surface area contributed by atoms with Gasteiger partial charge >= 0.3 is 0 Å². The summed E-state index contributed by atoms with van der Waals surface area (Å²) in [6.07, 6.45) is 11.5. The molecule has 0 aromatic rings. The Labute approximate surface area is 185 Å². The molecule has 4 rings (SSSR count). The molecule has 0 aromatic heterocycles. The van der Waals surface area contributed by atoms with Crippen molar-refractivity contribution in [1.82, 2.24) is 0 Å². The molecule has 0 bridgehead atoms. The largest absolute Gasteiger partial charge is 0.393 e. The molecule has 4 aliphatic carbocycles. The molecule has 0 amide bonds. The van der Waals surface area contributed by atoms with Gasteiger partial charge in [-0.3, -0.25) is 0 Å². The van der Waals surface area contributed by atoms with Gasteiger partial charge in [-0.25, -0.2) is 0 Å². The lowest BCUT2D eigenvalue weighted by Gasteiger charge is -2.61. The summed E-state index contributed by atoms with van der Waals surface area (Å²) < 4.78 is 0. The van der Waals surface area contributed by atoms with Crippen LogP contribution in [0.4, 0.5) is 0 Å². The molecular weight excluding hydrogens is 372 g/mol. The summed E-state index contributed by atoms with van der Waals surface area (Å²) >= 11 is 0. The second-order valence-corrected chi connectivity index (χ2v) is 13.0. The molecule has 4 fully saturated rings. The highest BCUT2D eigenvalue weighted by molar-refractivity contribution is 5.12. The second-order valence-electron chi connectivity index (χ2n) is 13.0. The zero-order valence-electron chi connectivity index (χ0n) is 20.2. The van der Waals surface area contributed by atoms with E-state index in [-0.39, 0.29) is 17.4 Å². The fraction of sp³-hybridized carbons (Fsp3) is 1.00. The molecule has 0 aliphatic heterocycles. The van der Waals surface area contributed by atoms with E-state index >= 15 is 0 Å². The van der Waals surface area contributed by atoms with E-state index in [9.17, 15) is 15.3 Å². The average Bonchev–Trinajstić information content (AvgIpc) is 3.04. The second kappa shape index (κ2) is 8.03. The molecule has 4 aliphatic rings. The monoisotopic (exact) mass is 420 g/mol. The van der Waals surface area contributed by atoms with Crippen molar-refractivity contribution in [3.63, 3.8) is 0 Å². The quantitative estimate of drug-likeness (QED) is 0.546. The minimum Gasteiger partial charge on any atom is -0.393 e. The minimum absolute atomic E-state index is 0.0771. The summed E-state index contributed by atoms with van der Waals surface area (Å²) in [5.41, 5.74) is -0.428. The van der Waals surface area contributed by atoms with Gasteiger partial charge in [0.1, 0.15) is 0 Å². The Balaban J connectivity index is 1.53. The van der Waals surface area contributed by atoms with Crippen LogP contribution in [-0.2, 0) is 0 Å². The van der Waals surface area contributed by atoms with E-state index in [1.54, 1.807) is 0 Å². The van der Waals surface area contributed by atoms with E-state index in [1.165, 1.54) is 38.5 Å². The Morgan fingerprint density at radius 2 is 1.57 bits per heavy atom. The predicted molar refractivity (Wildman–Crippen MR) is 122 cm³/mol. The van der Waals surface area contributed by atoms with Gasteiger partial charge in [-0.15, -0.1) is 0 Å². The van der Waals surface area contributed by atoms with Gasteiger partial charge in [0, 0.05) is 0 Å². The van der Waals surface area contributed by atoms with Crippen LogP contribution in [0.2, 0.25) is 0 Å². The summed E-state index contributed by atoms with van der Waals surface area (Å²) in [6.45, 7) is 11.3. The van der Waals surface area contributed by atoms with E-state index < -0.39 is 11.7 Å². The number of fused-ring (bicyclic) bond motifs is 5. The van der Waals surface area contributed by atoms with Crippen LogP contribution in [0.15, 0.2) is 0 Å². The Morgan fingerprint density at radius 3 is 2.27 bits per heavy atom. The molecule has 0 aromatic carbocycles. The lowest BCUT2D eigenvalue weighted by molar-refractivity contribution is -0.167. The van der Waals surface area contributed by atoms with E-state index in [0.29, 0.717) is 29.6 Å². The summed E-state index contributed by atoms with van der Waals surface area (Å²) in [4.78, 5) is 0. The highest BCUT2D eigenvalue weighted by Gasteiger charge is 2.63.